The highest BCUT2D eigenvalue weighted by Gasteiger charge is 2.30. The molecule has 5 heterocycles. The van der Waals surface area contributed by atoms with Gasteiger partial charge in [-0.3, -0.25) is 9.36 Å². The minimum absolute atomic E-state index is 0.216. The highest BCUT2D eigenvalue weighted by Crippen LogP contribution is 2.31. The molecule has 0 radical (unpaired) electrons. The topological polar surface area (TPSA) is 119 Å². The third-order valence-electron chi connectivity index (χ3n) is 9.30. The van der Waals surface area contributed by atoms with E-state index in [1.165, 1.54) is 29.7 Å². The molecule has 1 N–H and O–H groups in total. The number of aromatic nitrogens is 4. The maximum Gasteiger partial charge on any atom is 0.260 e. The van der Waals surface area contributed by atoms with Crippen LogP contribution in [0.4, 0.5) is 11.6 Å². The Labute approximate surface area is 278 Å². The van der Waals surface area contributed by atoms with Crippen LogP contribution in [0.1, 0.15) is 47.7 Å². The maximum atomic E-state index is 14.3. The smallest absolute Gasteiger partial charge is 0.260 e. The number of piperidine rings is 1. The van der Waals surface area contributed by atoms with Gasteiger partial charge in [0.1, 0.15) is 10.7 Å². The van der Waals surface area contributed by atoms with Gasteiger partial charge in [0.15, 0.2) is 9.84 Å². The number of aryl methyl sites for hydroxylation is 1. The van der Waals surface area contributed by atoms with E-state index in [1.54, 1.807) is 41.2 Å². The molecule has 2 aliphatic heterocycles. The fourth-order valence-electron chi connectivity index (χ4n) is 6.68. The molecule has 0 amide bonds. The Morgan fingerprint density at radius 2 is 1.83 bits per heavy atom. The lowest BCUT2D eigenvalue weighted by Crippen LogP contribution is -2.30. The van der Waals surface area contributed by atoms with Crippen molar-refractivity contribution >= 4 is 43.8 Å². The fraction of sp³-hybridized carbons (Fsp3) is 0.371. The minimum Gasteiger partial charge on any atom is -0.381 e. The third-order valence-corrected chi connectivity index (χ3v) is 12.3. The summed E-state index contributed by atoms with van der Waals surface area (Å²) in [4.78, 5) is 30.7. The van der Waals surface area contributed by atoms with Crippen molar-refractivity contribution in [1.82, 2.24) is 24.4 Å². The Morgan fingerprint density at radius 3 is 2.57 bits per heavy atom. The molecule has 0 spiro atoms. The molecule has 0 saturated carbocycles. The van der Waals surface area contributed by atoms with Gasteiger partial charge in [0, 0.05) is 54.2 Å². The molecule has 2 saturated heterocycles. The summed E-state index contributed by atoms with van der Waals surface area (Å²) in [6.45, 7) is 5.17. The first kappa shape index (κ1) is 31.6. The first-order valence-corrected chi connectivity index (χ1v) is 18.5. The number of likely N-dealkylation sites (N-methyl/N-ethyl adjacent to an activating group) is 1. The number of likely N-dealkylation sites (tertiary alicyclic amines) is 1. The molecular formula is C35H38N6O4S2. The molecule has 5 aromatic rings. The number of ether oxygens (including phenoxy) is 1. The van der Waals surface area contributed by atoms with Gasteiger partial charge in [0.25, 0.3) is 5.56 Å². The van der Waals surface area contributed by atoms with Crippen LogP contribution in [0.15, 0.2) is 76.0 Å². The number of nitrogens with one attached hydrogen (secondary N) is 1. The number of fused-ring (bicyclic) bond motifs is 1. The standard InChI is InChI=1S/C35H38N6O4S2/c1-23-5-10-29(47(43,44)28-11-15-45-16-12-28)19-30(23)31-18-26-20-37-35(39-33(26)41(34(31)42)22-32-36-13-17-46-32)38-27-8-6-24(7-9-27)25-4-3-14-40(2)21-25/h5-10,13,17-20,25,28H,3-4,11-12,14-16,21-22H2,1-2H3,(H,37,38,39). The first-order valence-electron chi connectivity index (χ1n) is 16.0. The summed E-state index contributed by atoms with van der Waals surface area (Å²) in [5, 5.41) is 6.10. The van der Waals surface area contributed by atoms with E-state index in [2.05, 4.69) is 39.4 Å². The second-order valence-electron chi connectivity index (χ2n) is 12.5. The average molecular weight is 671 g/mol. The number of benzene rings is 2. The SMILES string of the molecule is Cc1ccc(S(=O)(=O)C2CCOCC2)cc1-c1cc2cnc(Nc3ccc(C4CCCN(C)C4)cc3)nc2n(Cc2nccs2)c1=O. The van der Waals surface area contributed by atoms with Crippen LogP contribution in [-0.4, -0.2) is 71.4 Å². The van der Waals surface area contributed by atoms with Crippen molar-refractivity contribution in [2.75, 3.05) is 38.7 Å². The lowest BCUT2D eigenvalue weighted by Gasteiger charge is -2.30. The second-order valence-corrected chi connectivity index (χ2v) is 15.7. The lowest BCUT2D eigenvalue weighted by atomic mass is 9.91. The summed E-state index contributed by atoms with van der Waals surface area (Å²) in [6, 6.07) is 15.2. The summed E-state index contributed by atoms with van der Waals surface area (Å²) in [7, 11) is -1.42. The van der Waals surface area contributed by atoms with Gasteiger partial charge in [-0.15, -0.1) is 11.3 Å². The molecule has 10 nitrogen and oxygen atoms in total. The minimum atomic E-state index is -3.60. The molecular weight excluding hydrogens is 633 g/mol. The molecule has 2 aromatic carbocycles. The Hall–Kier alpha value is -3.97. The molecule has 2 fully saturated rings. The number of anilines is 2. The van der Waals surface area contributed by atoms with E-state index in [0.29, 0.717) is 60.1 Å². The van der Waals surface area contributed by atoms with E-state index in [4.69, 9.17) is 9.72 Å². The quantitative estimate of drug-likeness (QED) is 0.219. The van der Waals surface area contributed by atoms with Gasteiger partial charge in [0.2, 0.25) is 5.95 Å². The van der Waals surface area contributed by atoms with Crippen molar-refractivity contribution in [1.29, 1.82) is 0 Å². The van der Waals surface area contributed by atoms with Crippen LogP contribution in [0, 0.1) is 6.92 Å². The van der Waals surface area contributed by atoms with Gasteiger partial charge in [0.05, 0.1) is 16.7 Å². The van der Waals surface area contributed by atoms with Crippen molar-refractivity contribution in [3.8, 4) is 11.1 Å². The number of sulfone groups is 1. The highest BCUT2D eigenvalue weighted by atomic mass is 32.2. The fourth-order valence-corrected chi connectivity index (χ4v) is 9.02. The Bertz CT molecular complexity index is 2060. The number of pyridine rings is 1. The van der Waals surface area contributed by atoms with Crippen LogP contribution in [-0.2, 0) is 21.1 Å². The number of nitrogens with zero attached hydrogens (tertiary/aromatic N) is 5. The predicted molar refractivity (Wildman–Crippen MR) is 185 cm³/mol. The summed E-state index contributed by atoms with van der Waals surface area (Å²) < 4.78 is 34.2. The zero-order valence-corrected chi connectivity index (χ0v) is 28.2. The molecule has 1 atom stereocenters. The van der Waals surface area contributed by atoms with Crippen LogP contribution in [0.25, 0.3) is 22.2 Å². The van der Waals surface area contributed by atoms with E-state index in [1.807, 2.05) is 24.4 Å². The molecule has 12 heteroatoms. The number of hydrogen-bond donors (Lipinski definition) is 1. The highest BCUT2D eigenvalue weighted by molar-refractivity contribution is 7.92. The normalized spacial score (nSPS) is 18.0. The molecule has 3 aromatic heterocycles. The zero-order chi connectivity index (χ0) is 32.5. The van der Waals surface area contributed by atoms with Crippen LogP contribution in [0.3, 0.4) is 0 Å². The van der Waals surface area contributed by atoms with Gasteiger partial charge < -0.3 is 15.0 Å². The van der Waals surface area contributed by atoms with Gasteiger partial charge in [-0.05, 0) is 99.1 Å². The second kappa shape index (κ2) is 13.3. The molecule has 7 rings (SSSR count). The molecule has 1 unspecified atom stereocenters. The average Bonchev–Trinajstić information content (AvgIpc) is 3.60. The molecule has 2 aliphatic rings. The monoisotopic (exact) mass is 670 g/mol. The van der Waals surface area contributed by atoms with Crippen LogP contribution in [0.2, 0.25) is 0 Å². The maximum absolute atomic E-state index is 14.3. The number of rotatable bonds is 8. The zero-order valence-electron chi connectivity index (χ0n) is 26.6. The summed E-state index contributed by atoms with van der Waals surface area (Å²) in [5.74, 6) is 0.906. The van der Waals surface area contributed by atoms with E-state index >= 15 is 0 Å². The van der Waals surface area contributed by atoms with Crippen molar-refractivity contribution in [3.63, 3.8) is 0 Å². The van der Waals surface area contributed by atoms with Crippen molar-refractivity contribution in [2.24, 2.45) is 0 Å². The first-order chi connectivity index (χ1) is 22.8. The van der Waals surface area contributed by atoms with Gasteiger partial charge >= 0.3 is 0 Å². The van der Waals surface area contributed by atoms with Gasteiger partial charge in [-0.2, -0.15) is 4.98 Å². The number of hydrogen-bond acceptors (Lipinski definition) is 10. The largest absolute Gasteiger partial charge is 0.381 e. The van der Waals surface area contributed by atoms with E-state index in [0.717, 1.165) is 29.3 Å². The Morgan fingerprint density at radius 1 is 1.02 bits per heavy atom. The molecule has 0 aliphatic carbocycles. The summed E-state index contributed by atoms with van der Waals surface area (Å²) in [5.41, 5.74) is 4.15. The third kappa shape index (κ3) is 6.60. The van der Waals surface area contributed by atoms with Gasteiger partial charge in [-0.25, -0.2) is 18.4 Å². The van der Waals surface area contributed by atoms with Crippen LogP contribution < -0.4 is 10.9 Å². The van der Waals surface area contributed by atoms with E-state index in [-0.39, 0.29) is 17.0 Å². The Balaban J connectivity index is 1.25. The van der Waals surface area contributed by atoms with Gasteiger partial charge in [-0.1, -0.05) is 18.2 Å². The van der Waals surface area contributed by atoms with Crippen LogP contribution in [0.5, 0.6) is 0 Å². The molecule has 0 bridgehead atoms. The molecule has 244 valence electrons. The van der Waals surface area contributed by atoms with Crippen molar-refractivity contribution in [3.05, 3.63) is 92.8 Å². The van der Waals surface area contributed by atoms with E-state index in [9.17, 15) is 13.2 Å². The van der Waals surface area contributed by atoms with Crippen LogP contribution >= 0.6 is 11.3 Å². The summed E-state index contributed by atoms with van der Waals surface area (Å²) in [6.07, 6.45) is 6.73. The Kier molecular flexibility index (Phi) is 8.93. The number of thiazole rings is 1. The van der Waals surface area contributed by atoms with Crippen molar-refractivity contribution < 1.29 is 13.2 Å². The van der Waals surface area contributed by atoms with Crippen molar-refractivity contribution in [2.45, 2.75) is 55.2 Å². The predicted octanol–water partition coefficient (Wildman–Crippen LogP) is 5.78. The lowest BCUT2D eigenvalue weighted by molar-refractivity contribution is 0.0983. The molecule has 47 heavy (non-hydrogen) atoms. The summed E-state index contributed by atoms with van der Waals surface area (Å²) >= 11 is 1.46. The van der Waals surface area contributed by atoms with E-state index < -0.39 is 15.1 Å².